The van der Waals surface area contributed by atoms with Crippen molar-refractivity contribution in [3.05, 3.63) is 23.8 Å². The molecular formula is C17H25N3O3. The number of hydrogen-bond acceptors (Lipinski definition) is 5. The summed E-state index contributed by atoms with van der Waals surface area (Å²) < 4.78 is 5.52. The number of piperazine rings is 1. The van der Waals surface area contributed by atoms with Crippen LogP contribution >= 0.6 is 0 Å². The van der Waals surface area contributed by atoms with E-state index in [9.17, 15) is 9.59 Å². The van der Waals surface area contributed by atoms with E-state index in [1.807, 2.05) is 18.2 Å². The minimum Gasteiger partial charge on any atom is -0.496 e. The molecule has 126 valence electrons. The average molecular weight is 319 g/mol. The van der Waals surface area contributed by atoms with Gasteiger partial charge in [0.2, 0.25) is 5.91 Å². The number of nitrogens with zero attached hydrogens (tertiary/aromatic N) is 1. The molecule has 1 aromatic rings. The minimum absolute atomic E-state index is 0.0972. The minimum atomic E-state index is -0.378. The van der Waals surface area contributed by atoms with E-state index in [2.05, 4.69) is 15.5 Å². The first-order valence-corrected chi connectivity index (χ1v) is 8.00. The number of carbonyl (C=O) groups is 2. The molecule has 0 bridgehead atoms. The van der Waals surface area contributed by atoms with Gasteiger partial charge >= 0.3 is 0 Å². The van der Waals surface area contributed by atoms with Gasteiger partial charge in [-0.05, 0) is 12.5 Å². The lowest BCUT2D eigenvalue weighted by Gasteiger charge is -2.30. The summed E-state index contributed by atoms with van der Waals surface area (Å²) >= 11 is 0. The maximum Gasteiger partial charge on any atom is 0.227 e. The van der Waals surface area contributed by atoms with E-state index >= 15 is 0 Å². The summed E-state index contributed by atoms with van der Waals surface area (Å²) in [7, 11) is 3.22. The number of rotatable bonds is 7. The summed E-state index contributed by atoms with van der Waals surface area (Å²) in [4.78, 5) is 25.2. The molecule has 2 rings (SSSR count). The number of methoxy groups -OCH3 is 1. The van der Waals surface area contributed by atoms with Gasteiger partial charge in [-0.1, -0.05) is 6.07 Å². The zero-order valence-corrected chi connectivity index (χ0v) is 13.8. The highest BCUT2D eigenvalue weighted by Gasteiger charge is 2.23. The number of amides is 1. The number of carbonyl (C=O) groups excluding carboxylic acids is 2. The molecule has 0 saturated carbocycles. The lowest BCUT2D eigenvalue weighted by Crippen LogP contribution is -2.43. The SMILES string of the molecule is CNC(=O)C(CCC=O)c1ccc(N2CCNCC2)cc1OC. The van der Waals surface area contributed by atoms with Crippen LogP contribution in [0.4, 0.5) is 5.69 Å². The molecule has 1 amide bonds. The molecule has 1 fully saturated rings. The summed E-state index contributed by atoms with van der Waals surface area (Å²) in [5.41, 5.74) is 1.92. The van der Waals surface area contributed by atoms with Crippen molar-refractivity contribution in [2.75, 3.05) is 45.2 Å². The third-order valence-corrected chi connectivity index (χ3v) is 4.21. The van der Waals surface area contributed by atoms with Crippen LogP contribution in [0.15, 0.2) is 18.2 Å². The molecule has 1 aliphatic rings. The van der Waals surface area contributed by atoms with Crippen LogP contribution in [0, 0.1) is 0 Å². The Hall–Kier alpha value is -2.08. The molecule has 2 N–H and O–H groups in total. The van der Waals surface area contributed by atoms with Gasteiger partial charge in [0.25, 0.3) is 0 Å². The Bertz CT molecular complexity index is 542. The van der Waals surface area contributed by atoms with Crippen molar-refractivity contribution in [2.24, 2.45) is 0 Å². The fourth-order valence-electron chi connectivity index (χ4n) is 2.94. The van der Waals surface area contributed by atoms with E-state index in [1.54, 1.807) is 14.2 Å². The van der Waals surface area contributed by atoms with Gasteiger partial charge in [0.1, 0.15) is 12.0 Å². The molecule has 0 radical (unpaired) electrons. The van der Waals surface area contributed by atoms with E-state index < -0.39 is 0 Å². The normalized spacial score (nSPS) is 15.8. The molecule has 1 aromatic carbocycles. The fourth-order valence-corrected chi connectivity index (χ4v) is 2.94. The largest absolute Gasteiger partial charge is 0.496 e. The second-order valence-corrected chi connectivity index (χ2v) is 5.57. The standard InChI is InChI=1S/C17H25N3O3/c1-18-17(22)15(4-3-11-21)14-6-5-13(12-16(14)23-2)20-9-7-19-8-10-20/h5-6,11-12,15,19H,3-4,7-10H2,1-2H3,(H,18,22). The lowest BCUT2D eigenvalue weighted by molar-refractivity contribution is -0.122. The maximum absolute atomic E-state index is 12.2. The number of benzene rings is 1. The first-order chi connectivity index (χ1) is 11.2. The Labute approximate surface area is 137 Å². The van der Waals surface area contributed by atoms with E-state index in [4.69, 9.17) is 4.74 Å². The number of likely N-dealkylation sites (N-methyl/N-ethyl adjacent to an activating group) is 1. The van der Waals surface area contributed by atoms with Crippen molar-refractivity contribution in [1.29, 1.82) is 0 Å². The van der Waals surface area contributed by atoms with Gasteiger partial charge in [0.15, 0.2) is 0 Å². The molecule has 0 spiro atoms. The van der Waals surface area contributed by atoms with Gasteiger partial charge in [-0.3, -0.25) is 4.79 Å². The van der Waals surface area contributed by atoms with Crippen molar-refractivity contribution in [2.45, 2.75) is 18.8 Å². The highest BCUT2D eigenvalue weighted by atomic mass is 16.5. The maximum atomic E-state index is 12.2. The topological polar surface area (TPSA) is 70.7 Å². The Kier molecular flexibility index (Phi) is 6.40. The van der Waals surface area contributed by atoms with Gasteiger partial charge in [0.05, 0.1) is 13.0 Å². The second-order valence-electron chi connectivity index (χ2n) is 5.57. The molecule has 1 heterocycles. The molecular weight excluding hydrogens is 294 g/mol. The summed E-state index contributed by atoms with van der Waals surface area (Å²) in [6.07, 6.45) is 1.67. The molecule has 1 atom stereocenters. The number of ether oxygens (including phenoxy) is 1. The van der Waals surface area contributed by atoms with Crippen LogP contribution in [0.5, 0.6) is 5.75 Å². The van der Waals surface area contributed by atoms with E-state index in [0.717, 1.165) is 43.7 Å². The summed E-state index contributed by atoms with van der Waals surface area (Å²) in [5, 5.41) is 6.00. The molecule has 1 saturated heterocycles. The predicted molar refractivity (Wildman–Crippen MR) is 90.2 cm³/mol. The molecule has 1 aliphatic heterocycles. The molecule has 0 aromatic heterocycles. The highest BCUT2D eigenvalue weighted by Crippen LogP contribution is 2.33. The monoisotopic (exact) mass is 319 g/mol. The van der Waals surface area contributed by atoms with Crippen LogP contribution in [0.2, 0.25) is 0 Å². The zero-order valence-electron chi connectivity index (χ0n) is 13.8. The Morgan fingerprint density at radius 1 is 1.43 bits per heavy atom. The Balaban J connectivity index is 2.28. The number of aldehydes is 1. The van der Waals surface area contributed by atoms with Crippen molar-refractivity contribution in [3.63, 3.8) is 0 Å². The average Bonchev–Trinajstić information content (AvgIpc) is 2.62. The van der Waals surface area contributed by atoms with Gasteiger partial charge in [0, 0.05) is 57.0 Å². The Morgan fingerprint density at radius 3 is 2.78 bits per heavy atom. The molecule has 23 heavy (non-hydrogen) atoms. The smallest absolute Gasteiger partial charge is 0.227 e. The van der Waals surface area contributed by atoms with Gasteiger partial charge in [-0.2, -0.15) is 0 Å². The number of anilines is 1. The van der Waals surface area contributed by atoms with E-state index in [1.165, 1.54) is 0 Å². The third-order valence-electron chi connectivity index (χ3n) is 4.21. The molecule has 6 heteroatoms. The van der Waals surface area contributed by atoms with Crippen molar-refractivity contribution in [1.82, 2.24) is 10.6 Å². The van der Waals surface area contributed by atoms with Gasteiger partial charge in [-0.25, -0.2) is 0 Å². The first-order valence-electron chi connectivity index (χ1n) is 8.00. The number of nitrogens with one attached hydrogen (secondary N) is 2. The summed E-state index contributed by atoms with van der Waals surface area (Å²) in [6.45, 7) is 3.83. The first kappa shape index (κ1) is 17.3. The van der Waals surface area contributed by atoms with E-state index in [0.29, 0.717) is 18.6 Å². The molecule has 0 aliphatic carbocycles. The lowest BCUT2D eigenvalue weighted by atomic mass is 9.92. The zero-order chi connectivity index (χ0) is 16.7. The van der Waals surface area contributed by atoms with Crippen LogP contribution in [0.1, 0.15) is 24.3 Å². The molecule has 1 unspecified atom stereocenters. The van der Waals surface area contributed by atoms with Crippen LogP contribution in [-0.4, -0.2) is 52.5 Å². The third kappa shape index (κ3) is 4.22. The fraction of sp³-hybridized carbons (Fsp3) is 0.529. The molecule has 6 nitrogen and oxygen atoms in total. The van der Waals surface area contributed by atoms with Crippen LogP contribution in [-0.2, 0) is 9.59 Å². The Morgan fingerprint density at radius 2 is 2.17 bits per heavy atom. The summed E-state index contributed by atoms with van der Waals surface area (Å²) in [6, 6.07) is 5.96. The number of hydrogen-bond donors (Lipinski definition) is 2. The van der Waals surface area contributed by atoms with Crippen molar-refractivity contribution >= 4 is 17.9 Å². The van der Waals surface area contributed by atoms with Crippen LogP contribution in [0.3, 0.4) is 0 Å². The highest BCUT2D eigenvalue weighted by molar-refractivity contribution is 5.84. The second kappa shape index (κ2) is 8.53. The van der Waals surface area contributed by atoms with E-state index in [-0.39, 0.29) is 11.8 Å². The summed E-state index contributed by atoms with van der Waals surface area (Å²) in [5.74, 6) is 0.220. The van der Waals surface area contributed by atoms with Crippen molar-refractivity contribution < 1.29 is 14.3 Å². The van der Waals surface area contributed by atoms with Gasteiger partial charge in [-0.15, -0.1) is 0 Å². The quantitative estimate of drug-likeness (QED) is 0.731. The van der Waals surface area contributed by atoms with Crippen LogP contribution < -0.4 is 20.3 Å². The van der Waals surface area contributed by atoms with Crippen LogP contribution in [0.25, 0.3) is 0 Å². The van der Waals surface area contributed by atoms with Crippen molar-refractivity contribution in [3.8, 4) is 5.75 Å². The predicted octanol–water partition coefficient (Wildman–Crippen LogP) is 0.914. The van der Waals surface area contributed by atoms with Gasteiger partial charge < -0.3 is 25.1 Å².